The molecule has 2 aromatic carbocycles. The molecule has 8 bridgehead atoms. The van der Waals surface area contributed by atoms with Gasteiger partial charge in [-0.2, -0.15) is 0 Å². The topological polar surface area (TPSA) is 129 Å². The van der Waals surface area contributed by atoms with Crippen LogP contribution in [0.4, 0.5) is 8.78 Å². The summed E-state index contributed by atoms with van der Waals surface area (Å²) >= 11 is 0. The molecule has 0 amide bonds. The van der Waals surface area contributed by atoms with Crippen LogP contribution in [0.1, 0.15) is 102 Å². The Morgan fingerprint density at radius 1 is 0.806 bits per heavy atom. The predicted octanol–water partition coefficient (Wildman–Crippen LogP) is 4.24. The number of Topliss-reactive ketones (excluding diaryl/α,β-unsaturated/α-hetero) is 1. The van der Waals surface area contributed by atoms with Gasteiger partial charge < -0.3 is 35.0 Å². The standard InChI is InChI=1S/C24H29FN2O3.C24H25FN2O3.B.Na.H/c2*25-18-3-1-2-17-20-12-26-13-27(20)19(22(17)18)8-21(29)24-9-14-6-15(10-24)23(30-5-4-28)16(7-14)11-24;;;/h1-3,12-16,19,21,23,28-29H,4-11H2;1-4,12-16,19,23H,5-11H2;;;/q;;;+1;-1. The van der Waals surface area contributed by atoms with Gasteiger partial charge in [-0.05, 0) is 124 Å². The molecule has 321 valence electrons. The minimum atomic E-state index is -0.477. The van der Waals surface area contributed by atoms with E-state index in [4.69, 9.17) is 9.47 Å². The molecule has 3 radical (unpaired) electrons. The zero-order valence-corrected chi connectivity index (χ0v) is 37.5. The number of aliphatic hydroxyl groups is 2. The Hall–Kier alpha value is -3.04. The maximum atomic E-state index is 14.8. The largest absolute Gasteiger partial charge is 1.00 e. The molecule has 62 heavy (non-hydrogen) atoms. The van der Waals surface area contributed by atoms with Gasteiger partial charge in [-0.1, -0.05) is 24.3 Å². The van der Waals surface area contributed by atoms with Crippen LogP contribution in [0.15, 0.2) is 61.4 Å². The van der Waals surface area contributed by atoms with Gasteiger partial charge in [0.25, 0.3) is 0 Å². The van der Waals surface area contributed by atoms with E-state index in [1.54, 1.807) is 37.2 Å². The normalized spacial score (nSPS) is 34.8. The van der Waals surface area contributed by atoms with Crippen LogP contribution in [-0.2, 0) is 19.1 Å². The summed E-state index contributed by atoms with van der Waals surface area (Å²) in [5.74, 6) is 2.69. The second kappa shape index (κ2) is 17.1. The molecule has 2 aromatic heterocycles. The molecule has 10 aliphatic rings. The van der Waals surface area contributed by atoms with Crippen LogP contribution in [0, 0.1) is 58.0 Å². The molecular formula is C48H55BF2N4NaO6. The van der Waals surface area contributed by atoms with E-state index in [2.05, 4.69) is 9.97 Å². The van der Waals surface area contributed by atoms with E-state index in [0.717, 1.165) is 80.2 Å². The number of imidazole rings is 2. The fraction of sp³-hybridized carbons (Fsp3) is 0.583. The number of carbonyl (C=O) groups excluding carboxylic acids is 2. The Bertz CT molecular complexity index is 2300. The van der Waals surface area contributed by atoms with Crippen molar-refractivity contribution >= 4 is 20.5 Å². The number of aliphatic hydroxyl groups excluding tert-OH is 2. The van der Waals surface area contributed by atoms with Crippen molar-refractivity contribution in [3.05, 3.63) is 84.2 Å². The first kappa shape index (κ1) is 44.2. The SMILES string of the molecule is O=CCOC1C2CC3CC1CC(C(=O)CC1c4c(F)cccc4-c4cncn41)(C3)C2.OCCOC1C2CC3CC1CC(C(O)CC1c4c(F)cccc4-c4cncn41)(C3)C2.[B].[H-].[Na+]. The number of nitrogens with zero attached hydrogens (tertiary/aromatic N) is 4. The Balaban J connectivity index is 0.000000165. The molecule has 2 N–H and O–H groups in total. The number of aldehydes is 1. The van der Waals surface area contributed by atoms with Crippen molar-refractivity contribution in [2.75, 3.05) is 19.8 Å². The van der Waals surface area contributed by atoms with Gasteiger partial charge in [0, 0.05) is 42.5 Å². The fourth-order valence-electron chi connectivity index (χ4n) is 14.9. The molecule has 10 nitrogen and oxygen atoms in total. The minimum Gasteiger partial charge on any atom is -1.00 e. The molecule has 0 saturated heterocycles. The molecule has 2 aliphatic heterocycles. The molecule has 14 heteroatoms. The van der Waals surface area contributed by atoms with E-state index >= 15 is 0 Å². The van der Waals surface area contributed by atoms with Crippen molar-refractivity contribution in [3.8, 4) is 22.5 Å². The minimum absolute atomic E-state index is 0. The summed E-state index contributed by atoms with van der Waals surface area (Å²) in [4.78, 5) is 33.1. The Kier molecular flexibility index (Phi) is 12.2. The Labute approximate surface area is 386 Å². The van der Waals surface area contributed by atoms with Gasteiger partial charge in [0.1, 0.15) is 30.3 Å². The number of hydrogen-bond acceptors (Lipinski definition) is 8. The van der Waals surface area contributed by atoms with Crippen LogP contribution in [0.3, 0.4) is 0 Å². The van der Waals surface area contributed by atoms with Crippen molar-refractivity contribution in [2.45, 2.75) is 107 Å². The van der Waals surface area contributed by atoms with E-state index in [-0.39, 0.29) is 105 Å². The molecule has 14 rings (SSSR count). The quantitative estimate of drug-likeness (QED) is 0.160. The van der Waals surface area contributed by atoms with Gasteiger partial charge in [0.05, 0.1) is 80.0 Å². The number of halogens is 2. The second-order valence-electron chi connectivity index (χ2n) is 19.8. The van der Waals surface area contributed by atoms with Crippen LogP contribution >= 0.6 is 0 Å². The van der Waals surface area contributed by atoms with E-state index < -0.39 is 6.10 Å². The molecular weight excluding hydrogens is 800 g/mol. The van der Waals surface area contributed by atoms with E-state index in [0.29, 0.717) is 66.1 Å². The first-order valence-corrected chi connectivity index (χ1v) is 22.3. The van der Waals surface area contributed by atoms with Crippen molar-refractivity contribution in [3.63, 3.8) is 0 Å². The van der Waals surface area contributed by atoms with Crippen molar-refractivity contribution in [2.24, 2.45) is 46.3 Å². The molecule has 8 fully saturated rings. The van der Waals surface area contributed by atoms with Crippen molar-refractivity contribution < 1.29 is 69.0 Å². The molecule has 4 aromatic rings. The summed E-state index contributed by atoms with van der Waals surface area (Å²) in [5.41, 5.74) is 4.48. The second-order valence-corrected chi connectivity index (χ2v) is 19.8. The Morgan fingerprint density at radius 3 is 1.92 bits per heavy atom. The third kappa shape index (κ3) is 7.06. The number of hydrogen-bond donors (Lipinski definition) is 2. The molecule has 8 aliphatic carbocycles. The van der Waals surface area contributed by atoms with Crippen LogP contribution in [0.5, 0.6) is 0 Å². The first-order valence-electron chi connectivity index (χ1n) is 22.3. The maximum Gasteiger partial charge on any atom is 1.00 e. The zero-order chi connectivity index (χ0) is 40.9. The third-order valence-corrected chi connectivity index (χ3v) is 16.6. The zero-order valence-electron chi connectivity index (χ0n) is 36.5. The van der Waals surface area contributed by atoms with Gasteiger partial charge in [-0.15, -0.1) is 0 Å². The number of rotatable bonds is 12. The number of fused-ring (bicyclic) bond motifs is 6. The van der Waals surface area contributed by atoms with Gasteiger partial charge in [0.15, 0.2) is 0 Å². The van der Waals surface area contributed by atoms with Gasteiger partial charge in [0.2, 0.25) is 0 Å². The monoisotopic (exact) mass is 855 g/mol. The van der Waals surface area contributed by atoms with Gasteiger partial charge >= 0.3 is 29.6 Å². The maximum absolute atomic E-state index is 14.8. The number of ketones is 1. The number of benzene rings is 2. The Morgan fingerprint density at radius 2 is 1.34 bits per heavy atom. The molecule has 4 heterocycles. The van der Waals surface area contributed by atoms with Gasteiger partial charge in [-0.3, -0.25) is 4.79 Å². The van der Waals surface area contributed by atoms with Crippen molar-refractivity contribution in [1.82, 2.24) is 19.1 Å². The number of carbonyl (C=O) groups is 2. The number of aromatic nitrogens is 4. The predicted molar refractivity (Wildman–Crippen MR) is 223 cm³/mol. The first-order chi connectivity index (χ1) is 29.2. The molecule has 7 unspecified atom stereocenters. The van der Waals surface area contributed by atoms with Crippen molar-refractivity contribution in [1.29, 1.82) is 0 Å². The van der Waals surface area contributed by atoms with E-state index in [9.17, 15) is 28.6 Å². The van der Waals surface area contributed by atoms with Crippen LogP contribution in [0.25, 0.3) is 22.5 Å². The van der Waals surface area contributed by atoms with E-state index in [1.807, 2.05) is 21.3 Å². The molecule has 8 saturated carbocycles. The summed E-state index contributed by atoms with van der Waals surface area (Å²) in [6.45, 7) is 0.608. The summed E-state index contributed by atoms with van der Waals surface area (Å²) < 4.78 is 45.5. The van der Waals surface area contributed by atoms with Gasteiger partial charge in [-0.25, -0.2) is 18.7 Å². The average molecular weight is 856 g/mol. The van der Waals surface area contributed by atoms with Crippen LogP contribution in [0.2, 0.25) is 0 Å². The van der Waals surface area contributed by atoms with Crippen LogP contribution in [-0.4, -0.2) is 87.9 Å². The summed E-state index contributed by atoms with van der Waals surface area (Å²) in [6.07, 6.45) is 18.7. The smallest absolute Gasteiger partial charge is 1.00 e. The third-order valence-electron chi connectivity index (χ3n) is 16.6. The summed E-state index contributed by atoms with van der Waals surface area (Å²) in [6, 6.07) is 9.80. The fourth-order valence-corrected chi connectivity index (χ4v) is 14.9. The average Bonchev–Trinajstić information content (AvgIpc) is 4.02. The summed E-state index contributed by atoms with van der Waals surface area (Å²) in [7, 11) is 0. The van der Waals surface area contributed by atoms with Crippen LogP contribution < -0.4 is 29.6 Å². The number of ether oxygens (including phenoxy) is 2. The molecule has 0 spiro atoms. The summed E-state index contributed by atoms with van der Waals surface area (Å²) in [5, 5.41) is 20.8. The molecule has 7 atom stereocenters. The van der Waals surface area contributed by atoms with E-state index in [1.165, 1.54) is 25.0 Å².